The van der Waals surface area contributed by atoms with Crippen molar-refractivity contribution < 1.29 is 22.7 Å². The van der Waals surface area contributed by atoms with Crippen molar-refractivity contribution in [1.29, 1.82) is 0 Å². The fourth-order valence-electron chi connectivity index (χ4n) is 4.91. The summed E-state index contributed by atoms with van der Waals surface area (Å²) in [5, 5.41) is 3.49. The number of rotatable bonds is 12. The lowest BCUT2D eigenvalue weighted by Crippen LogP contribution is -2.56. The monoisotopic (exact) mass is 647 g/mol. The van der Waals surface area contributed by atoms with Crippen LogP contribution in [0.5, 0.6) is 5.75 Å². The predicted octanol–water partition coefficient (Wildman–Crippen LogP) is 6.10. The first-order chi connectivity index (χ1) is 21.4. The number of carbonyl (C=O) groups excluding carboxylic acids is 2. The summed E-state index contributed by atoms with van der Waals surface area (Å²) in [7, 11) is -2.81. The van der Waals surface area contributed by atoms with Crippen LogP contribution in [0.4, 0.5) is 5.69 Å². The second kappa shape index (κ2) is 14.6. The van der Waals surface area contributed by atoms with Gasteiger partial charge in [-0.2, -0.15) is 0 Å². The summed E-state index contributed by atoms with van der Waals surface area (Å²) in [6.45, 7) is 5.02. The highest BCUT2D eigenvalue weighted by atomic mass is 35.5. The molecule has 0 saturated heterocycles. The summed E-state index contributed by atoms with van der Waals surface area (Å²) >= 11 is 6.31. The standard InChI is InChI=1S/C35H38ClN3O5S/c1-35(2,3)37-34(41)31(23-26-14-7-5-8-15-26)38(24-27-16-13-17-28(36)22-27)33(40)25-39(30-20-11-12-21-32(30)44-4)45(42,43)29-18-9-6-10-19-29/h5-22,31H,23-25H2,1-4H3,(H,37,41)/t31-/m0/s1. The first-order valence-electron chi connectivity index (χ1n) is 14.5. The summed E-state index contributed by atoms with van der Waals surface area (Å²) in [6.07, 6.45) is 0.204. The molecular formula is C35H38ClN3O5S. The molecule has 0 heterocycles. The van der Waals surface area contributed by atoms with E-state index in [-0.39, 0.29) is 35.2 Å². The molecule has 4 rings (SSSR count). The molecule has 0 radical (unpaired) electrons. The molecule has 0 aliphatic heterocycles. The first-order valence-corrected chi connectivity index (χ1v) is 16.3. The number of para-hydroxylation sites is 2. The van der Waals surface area contributed by atoms with Gasteiger partial charge in [0.25, 0.3) is 10.0 Å². The van der Waals surface area contributed by atoms with E-state index in [9.17, 15) is 18.0 Å². The molecule has 0 bridgehead atoms. The molecule has 10 heteroatoms. The van der Waals surface area contributed by atoms with Crippen LogP contribution in [0.2, 0.25) is 5.02 Å². The van der Waals surface area contributed by atoms with Crippen LogP contribution in [-0.2, 0) is 32.6 Å². The highest BCUT2D eigenvalue weighted by molar-refractivity contribution is 7.92. The van der Waals surface area contributed by atoms with Crippen molar-refractivity contribution in [2.45, 2.75) is 50.2 Å². The van der Waals surface area contributed by atoms with E-state index in [1.165, 1.54) is 24.1 Å². The van der Waals surface area contributed by atoms with Crippen molar-refractivity contribution in [2.75, 3.05) is 18.0 Å². The van der Waals surface area contributed by atoms with Crippen LogP contribution in [0.15, 0.2) is 114 Å². The molecular weight excluding hydrogens is 610 g/mol. The smallest absolute Gasteiger partial charge is 0.264 e. The highest BCUT2D eigenvalue weighted by Gasteiger charge is 2.36. The van der Waals surface area contributed by atoms with Gasteiger partial charge in [0, 0.05) is 23.5 Å². The van der Waals surface area contributed by atoms with Crippen LogP contribution < -0.4 is 14.4 Å². The average Bonchev–Trinajstić information content (AvgIpc) is 3.01. The van der Waals surface area contributed by atoms with Crippen molar-refractivity contribution in [3.05, 3.63) is 125 Å². The Labute approximate surface area is 270 Å². The number of amides is 2. The zero-order chi connectivity index (χ0) is 32.6. The van der Waals surface area contributed by atoms with Crippen LogP contribution >= 0.6 is 11.6 Å². The number of ether oxygens (including phenoxy) is 1. The minimum absolute atomic E-state index is 0.0106. The first kappa shape index (κ1) is 33.6. The number of sulfonamides is 1. The highest BCUT2D eigenvalue weighted by Crippen LogP contribution is 2.32. The fraction of sp³-hybridized carbons (Fsp3) is 0.257. The van der Waals surface area contributed by atoms with Gasteiger partial charge in [0.2, 0.25) is 11.8 Å². The van der Waals surface area contributed by atoms with Gasteiger partial charge in [0.05, 0.1) is 17.7 Å². The molecule has 8 nitrogen and oxygen atoms in total. The quantitative estimate of drug-likeness (QED) is 0.201. The number of halogens is 1. The topological polar surface area (TPSA) is 96.0 Å². The Morgan fingerprint density at radius 2 is 1.44 bits per heavy atom. The molecule has 4 aromatic carbocycles. The van der Waals surface area contributed by atoms with Crippen molar-refractivity contribution in [1.82, 2.24) is 10.2 Å². The van der Waals surface area contributed by atoms with Gasteiger partial charge < -0.3 is 15.0 Å². The maximum Gasteiger partial charge on any atom is 0.264 e. The van der Waals surface area contributed by atoms with E-state index in [2.05, 4.69) is 5.32 Å². The predicted molar refractivity (Wildman–Crippen MR) is 178 cm³/mol. The van der Waals surface area contributed by atoms with E-state index in [0.717, 1.165) is 9.87 Å². The summed E-state index contributed by atoms with van der Waals surface area (Å²) in [5.74, 6) is -0.667. The Morgan fingerprint density at radius 1 is 0.844 bits per heavy atom. The molecule has 0 spiro atoms. The van der Waals surface area contributed by atoms with Crippen LogP contribution in [0.1, 0.15) is 31.9 Å². The van der Waals surface area contributed by atoms with E-state index >= 15 is 0 Å². The van der Waals surface area contributed by atoms with Crippen LogP contribution in [0.3, 0.4) is 0 Å². The van der Waals surface area contributed by atoms with Crippen LogP contribution in [-0.4, -0.2) is 50.4 Å². The molecule has 45 heavy (non-hydrogen) atoms. The van der Waals surface area contributed by atoms with Gasteiger partial charge in [0.15, 0.2) is 0 Å². The van der Waals surface area contributed by atoms with E-state index < -0.39 is 34.1 Å². The maximum atomic E-state index is 14.6. The van der Waals surface area contributed by atoms with Crippen molar-refractivity contribution in [3.8, 4) is 5.75 Å². The van der Waals surface area contributed by atoms with E-state index in [1.807, 2.05) is 57.2 Å². The summed E-state index contributed by atoms with van der Waals surface area (Å²) in [5.41, 5.74) is 1.14. The molecule has 0 aromatic heterocycles. The molecule has 0 aliphatic carbocycles. The lowest BCUT2D eigenvalue weighted by molar-refractivity contribution is -0.140. The Balaban J connectivity index is 1.84. The molecule has 0 fully saturated rings. The number of hydrogen-bond acceptors (Lipinski definition) is 5. The number of nitrogens with one attached hydrogen (secondary N) is 1. The lowest BCUT2D eigenvalue weighted by Gasteiger charge is -2.35. The summed E-state index contributed by atoms with van der Waals surface area (Å²) < 4.78 is 34.8. The Bertz CT molecular complexity index is 1710. The molecule has 1 atom stereocenters. The van der Waals surface area contributed by atoms with E-state index in [1.54, 1.807) is 60.7 Å². The largest absolute Gasteiger partial charge is 0.495 e. The van der Waals surface area contributed by atoms with Gasteiger partial charge in [-0.1, -0.05) is 84.4 Å². The molecule has 1 N–H and O–H groups in total. The van der Waals surface area contributed by atoms with Gasteiger partial charge in [-0.25, -0.2) is 8.42 Å². The lowest BCUT2D eigenvalue weighted by atomic mass is 10.0. The number of nitrogens with zero attached hydrogens (tertiary/aromatic N) is 2. The molecule has 236 valence electrons. The van der Waals surface area contributed by atoms with Gasteiger partial charge in [-0.05, 0) is 68.3 Å². The third-order valence-electron chi connectivity index (χ3n) is 6.98. The summed E-state index contributed by atoms with van der Waals surface area (Å²) in [6, 6.07) is 29.9. The van der Waals surface area contributed by atoms with Gasteiger partial charge in [0.1, 0.15) is 18.3 Å². The third-order valence-corrected chi connectivity index (χ3v) is 8.98. The Hall–Kier alpha value is -4.34. The van der Waals surface area contributed by atoms with Crippen LogP contribution in [0, 0.1) is 0 Å². The average molecular weight is 648 g/mol. The second-order valence-corrected chi connectivity index (χ2v) is 13.9. The Morgan fingerprint density at radius 3 is 2.07 bits per heavy atom. The fourth-order valence-corrected chi connectivity index (χ4v) is 6.57. The normalized spacial score (nSPS) is 12.2. The van der Waals surface area contributed by atoms with Crippen molar-refractivity contribution in [2.24, 2.45) is 0 Å². The van der Waals surface area contributed by atoms with Crippen molar-refractivity contribution in [3.63, 3.8) is 0 Å². The van der Waals surface area contributed by atoms with Crippen LogP contribution in [0.25, 0.3) is 0 Å². The molecule has 2 amide bonds. The molecule has 0 saturated carbocycles. The van der Waals surface area contributed by atoms with E-state index in [0.29, 0.717) is 10.6 Å². The zero-order valence-electron chi connectivity index (χ0n) is 25.8. The Kier molecular flexibility index (Phi) is 10.9. The number of methoxy groups -OCH3 is 1. The minimum atomic E-state index is -4.24. The van der Waals surface area contributed by atoms with Gasteiger partial charge in [-0.15, -0.1) is 0 Å². The number of carbonyl (C=O) groups is 2. The SMILES string of the molecule is COc1ccccc1N(CC(=O)N(Cc1cccc(Cl)c1)[C@@H](Cc1ccccc1)C(=O)NC(C)(C)C)S(=O)(=O)c1ccccc1. The van der Waals surface area contributed by atoms with Crippen molar-refractivity contribution >= 4 is 39.1 Å². The number of hydrogen-bond donors (Lipinski definition) is 1. The number of anilines is 1. The summed E-state index contributed by atoms with van der Waals surface area (Å²) in [4.78, 5) is 30.0. The maximum absolute atomic E-state index is 14.6. The second-order valence-electron chi connectivity index (χ2n) is 11.6. The van der Waals surface area contributed by atoms with E-state index in [4.69, 9.17) is 16.3 Å². The minimum Gasteiger partial charge on any atom is -0.495 e. The zero-order valence-corrected chi connectivity index (χ0v) is 27.4. The molecule has 0 aliphatic rings. The molecule has 4 aromatic rings. The van der Waals surface area contributed by atoms with Gasteiger partial charge >= 0.3 is 0 Å². The number of benzene rings is 4. The third kappa shape index (κ3) is 8.86. The molecule has 0 unspecified atom stereocenters. The van der Waals surface area contributed by atoms with Gasteiger partial charge in [-0.3, -0.25) is 13.9 Å².